The number of aromatic hydroxyl groups is 2. The van der Waals surface area contributed by atoms with Gasteiger partial charge >= 0.3 is 5.97 Å². The van der Waals surface area contributed by atoms with Crippen LogP contribution in [0.3, 0.4) is 0 Å². The van der Waals surface area contributed by atoms with Gasteiger partial charge in [-0.25, -0.2) is 4.79 Å². The number of phenolic OH excluding ortho intramolecular Hbond substituents is 2. The zero-order chi connectivity index (χ0) is 55.6. The van der Waals surface area contributed by atoms with Crippen LogP contribution >= 0.6 is 21.6 Å². The van der Waals surface area contributed by atoms with Crippen molar-refractivity contribution in [2.45, 2.75) is 73.4 Å². The number of hydrogen-bond donors (Lipinski definition) is 10. The minimum atomic E-state index is -3.15. The summed E-state index contributed by atoms with van der Waals surface area (Å²) in [6.07, 6.45) is 7.33. The number of amides is 1. The Bertz CT molecular complexity index is 3390. The topological polar surface area (TPSA) is 296 Å². The Morgan fingerprint density at radius 3 is 2.46 bits per heavy atom. The Kier molecular flexibility index (Phi) is 16.1. The number of hydrogen-bond acceptors (Lipinski definition) is 17. The van der Waals surface area contributed by atoms with Gasteiger partial charge in [-0.3, -0.25) is 19.7 Å². The van der Waals surface area contributed by atoms with Crippen molar-refractivity contribution in [2.24, 2.45) is 17.6 Å². The molecule has 10 unspecified atom stereocenters. The quantitative estimate of drug-likeness (QED) is 0.0388. The Morgan fingerprint density at radius 2 is 1.72 bits per heavy atom. The van der Waals surface area contributed by atoms with Crippen molar-refractivity contribution < 1.29 is 63.7 Å². The maximum absolute atomic E-state index is 14.5. The molecule has 10 atom stereocenters. The van der Waals surface area contributed by atoms with E-state index in [9.17, 15) is 49.8 Å². The van der Waals surface area contributed by atoms with Gasteiger partial charge in [0.2, 0.25) is 28.7 Å². The van der Waals surface area contributed by atoms with Crippen molar-refractivity contribution in [3.05, 3.63) is 178 Å². The van der Waals surface area contributed by atoms with E-state index in [1.54, 1.807) is 12.1 Å². The lowest BCUT2D eigenvalue weighted by atomic mass is 9.63. The number of allylic oxidation sites excluding steroid dienone is 4. The number of carboxylic acid groups (broad SMARTS) is 1. The number of ketones is 1. The van der Waals surface area contributed by atoms with Crippen molar-refractivity contribution in [1.82, 2.24) is 15.6 Å². The van der Waals surface area contributed by atoms with Crippen LogP contribution in [-0.2, 0) is 25.5 Å². The van der Waals surface area contributed by atoms with Crippen LogP contribution in [0.25, 0.3) is 27.7 Å². The Morgan fingerprint density at radius 1 is 0.962 bits per heavy atom. The standard InChI is InChI=1S/C59H60N4O14S2/c1-33(6-9-35-10-11-36(43-5-3-2-4-42(35)43)22-26-61-25-21-34-7-14-39(64)15-8-34)45-30-63-54(70)58(73)56(75-41-18-19-44-47(28-41)76-51(52(60)68)49(50(44)67)37-12-16-40(65)17-13-37)77-57(55(71)72)24-20-48(66)59(58,53(57)69)74-32-79-78-31-46(45)38-23-27-62-29-38/h2-5,7-20,23-24,27-29,33,36,45-46,53-54,56,61-65,69-70,73H,6,21-22,25-26,30-32H2,1H3,(H2,60,68)(H,71,72). The van der Waals surface area contributed by atoms with Crippen molar-refractivity contribution in [1.29, 1.82) is 0 Å². The van der Waals surface area contributed by atoms with Crippen LogP contribution in [0, 0.1) is 11.8 Å². The number of benzene rings is 4. The molecule has 2 aliphatic heterocycles. The highest BCUT2D eigenvalue weighted by atomic mass is 33.1. The van der Waals surface area contributed by atoms with E-state index >= 15 is 0 Å². The maximum atomic E-state index is 14.5. The van der Waals surface area contributed by atoms with Gasteiger partial charge in [-0.1, -0.05) is 95.3 Å². The molecule has 11 N–H and O–H groups in total. The van der Waals surface area contributed by atoms with Crippen LogP contribution in [-0.4, -0.2) is 120 Å². The number of aliphatic hydroxyl groups excluding tert-OH is 2. The summed E-state index contributed by atoms with van der Waals surface area (Å²) in [5.74, 6) is -4.82. The van der Waals surface area contributed by atoms with Gasteiger partial charge in [0, 0.05) is 36.7 Å². The molecule has 4 aliphatic rings. The number of aromatic amines is 1. The van der Waals surface area contributed by atoms with Crippen LogP contribution in [0.1, 0.15) is 64.4 Å². The second kappa shape index (κ2) is 23.0. The van der Waals surface area contributed by atoms with E-state index in [4.69, 9.17) is 24.4 Å². The molecule has 1 spiro atoms. The third kappa shape index (κ3) is 10.4. The summed E-state index contributed by atoms with van der Waals surface area (Å²) in [5, 5.41) is 75.1. The van der Waals surface area contributed by atoms with E-state index in [1.807, 2.05) is 36.7 Å². The highest BCUT2D eigenvalue weighted by Crippen LogP contribution is 2.52. The van der Waals surface area contributed by atoms with E-state index in [2.05, 4.69) is 59.0 Å². The second-order valence-electron chi connectivity index (χ2n) is 20.3. The Hall–Kier alpha value is -6.98. The molecule has 0 radical (unpaired) electrons. The van der Waals surface area contributed by atoms with Crippen molar-refractivity contribution in [3.8, 4) is 28.4 Å². The number of rotatable bonds is 15. The Balaban J connectivity index is 0.952. The molecule has 2 aromatic heterocycles. The lowest BCUT2D eigenvalue weighted by molar-refractivity contribution is -0.382. The SMILES string of the molecule is CC(CC=C1C=CC(CCNCCc2ccc(O)cc2)c2ccccc21)C1CNC(O)C2(O)C(Oc3ccc4c(=O)c(-c5ccc(O)cc5)c(C(N)=O)oc4c3)OC3(C(=O)O)C=CC(=O)C2(OCSSCC1c1cc[nH]c1)C3O. The van der Waals surface area contributed by atoms with Gasteiger partial charge in [0.25, 0.3) is 5.91 Å². The maximum Gasteiger partial charge on any atom is 0.343 e. The van der Waals surface area contributed by atoms with E-state index in [-0.39, 0.29) is 69.6 Å². The number of aliphatic hydroxyl groups is 3. The number of carboxylic acids is 1. The average molecular weight is 1110 g/mol. The van der Waals surface area contributed by atoms with Gasteiger partial charge < -0.3 is 65.3 Å². The molecule has 18 nitrogen and oxygen atoms in total. The predicted molar refractivity (Wildman–Crippen MR) is 298 cm³/mol. The fourth-order valence-electron chi connectivity index (χ4n) is 11.3. The number of nitrogens with two attached hydrogens (primary N) is 1. The number of nitrogens with one attached hydrogen (secondary N) is 3. The number of carbonyl (C=O) groups excluding carboxylic acids is 2. The minimum Gasteiger partial charge on any atom is -0.508 e. The van der Waals surface area contributed by atoms with Crippen LogP contribution < -0.4 is 26.5 Å². The summed E-state index contributed by atoms with van der Waals surface area (Å²) in [6.45, 7) is 3.72. The molecule has 2 saturated heterocycles. The summed E-state index contributed by atoms with van der Waals surface area (Å²) >= 11 is 0. The van der Waals surface area contributed by atoms with Gasteiger partial charge in [-0.15, -0.1) is 0 Å². The lowest BCUT2D eigenvalue weighted by Crippen LogP contribution is -2.87. The highest BCUT2D eigenvalue weighted by Gasteiger charge is 2.80. The summed E-state index contributed by atoms with van der Waals surface area (Å²) in [5.41, 5.74) is 1.52. The average Bonchev–Trinajstić information content (AvgIpc) is 2.31. The van der Waals surface area contributed by atoms with Gasteiger partial charge in [-0.05, 0) is 138 Å². The van der Waals surface area contributed by atoms with Crippen LogP contribution in [0.2, 0.25) is 0 Å². The van der Waals surface area contributed by atoms with Crippen LogP contribution in [0.4, 0.5) is 0 Å². The molecule has 2 bridgehead atoms. The fourth-order valence-corrected chi connectivity index (χ4v) is 13.4. The molecule has 0 saturated carbocycles. The van der Waals surface area contributed by atoms with Gasteiger partial charge in [0.05, 0.1) is 10.9 Å². The first-order chi connectivity index (χ1) is 38.0. The summed E-state index contributed by atoms with van der Waals surface area (Å²) in [4.78, 5) is 57.8. The molecular weight excluding hydrogens is 1050 g/mol. The van der Waals surface area contributed by atoms with E-state index < -0.39 is 70.2 Å². The normalized spacial score (nSPS) is 27.8. The zero-order valence-corrected chi connectivity index (χ0v) is 44.5. The number of H-pyrrole nitrogens is 1. The molecule has 10 rings (SSSR count). The molecule has 2 fully saturated rings. The number of phenols is 2. The first kappa shape index (κ1) is 55.3. The molecule has 4 heterocycles. The third-order valence-electron chi connectivity index (χ3n) is 15.7. The zero-order valence-electron chi connectivity index (χ0n) is 42.8. The number of aromatic nitrogens is 1. The van der Waals surface area contributed by atoms with E-state index in [0.29, 0.717) is 12.2 Å². The van der Waals surface area contributed by atoms with Gasteiger partial charge in [-0.2, -0.15) is 0 Å². The van der Waals surface area contributed by atoms with Crippen LogP contribution in [0.15, 0.2) is 149 Å². The monoisotopic (exact) mass is 1110 g/mol. The first-order valence-electron chi connectivity index (χ1n) is 25.9. The number of carbonyl (C=O) groups is 3. The van der Waals surface area contributed by atoms with Crippen molar-refractivity contribution >= 4 is 55.8 Å². The predicted octanol–water partition coefficient (Wildman–Crippen LogP) is 6.49. The van der Waals surface area contributed by atoms with Gasteiger partial charge in [0.1, 0.15) is 41.1 Å². The summed E-state index contributed by atoms with van der Waals surface area (Å²) in [6, 6.07) is 26.8. The first-order valence-corrected chi connectivity index (χ1v) is 28.3. The molecule has 79 heavy (non-hydrogen) atoms. The largest absolute Gasteiger partial charge is 0.508 e. The fraction of sp³-hybridized carbons (Fsp3) is 0.322. The number of fused-ring (bicyclic) bond motifs is 3. The van der Waals surface area contributed by atoms with E-state index in [1.165, 1.54) is 63.5 Å². The Labute approximate surface area is 461 Å². The van der Waals surface area contributed by atoms with Gasteiger partial charge in [0.15, 0.2) is 11.4 Å². The lowest BCUT2D eigenvalue weighted by Gasteiger charge is -2.60. The van der Waals surface area contributed by atoms with E-state index in [0.717, 1.165) is 66.4 Å². The molecule has 6 aromatic rings. The summed E-state index contributed by atoms with van der Waals surface area (Å²) < 4.78 is 24.6. The number of primary amides is 1. The number of ether oxygens (including phenoxy) is 3. The molecular formula is C59H60N4O14S2. The molecule has 2 aliphatic carbocycles. The smallest absolute Gasteiger partial charge is 0.343 e. The van der Waals surface area contributed by atoms with Crippen molar-refractivity contribution in [3.63, 3.8) is 0 Å². The van der Waals surface area contributed by atoms with Crippen LogP contribution in [0.5, 0.6) is 17.2 Å². The highest BCUT2D eigenvalue weighted by molar-refractivity contribution is 8.76. The molecule has 1 amide bonds. The molecule has 20 heteroatoms. The van der Waals surface area contributed by atoms with Crippen molar-refractivity contribution in [2.75, 3.05) is 31.3 Å². The number of aliphatic carboxylic acids is 1. The molecule has 412 valence electrons. The third-order valence-corrected chi connectivity index (χ3v) is 17.8. The summed E-state index contributed by atoms with van der Waals surface area (Å²) in [7, 11) is 2.59. The minimum absolute atomic E-state index is 0.00345. The second-order valence-corrected chi connectivity index (χ2v) is 22.8. The molecule has 4 aromatic carbocycles.